The van der Waals surface area contributed by atoms with E-state index in [-0.39, 0.29) is 19.3 Å². The number of likely N-dealkylation sites (tertiary alicyclic amines) is 1. The summed E-state index contributed by atoms with van der Waals surface area (Å²) in [5.41, 5.74) is 1.19. The molecule has 24 heavy (non-hydrogen) atoms. The first kappa shape index (κ1) is 19.0. The van der Waals surface area contributed by atoms with Crippen molar-refractivity contribution >= 4 is 0 Å². The molecule has 3 unspecified atom stereocenters. The molecular formula is C19H32N2O3. The van der Waals surface area contributed by atoms with Gasteiger partial charge in [-0.15, -0.1) is 0 Å². The number of ether oxygens (including phenoxy) is 2. The summed E-state index contributed by atoms with van der Waals surface area (Å²) >= 11 is 0. The van der Waals surface area contributed by atoms with Crippen molar-refractivity contribution in [3.05, 3.63) is 23.8 Å². The smallest absolute Gasteiger partial charge is 0.161 e. The molecule has 1 saturated heterocycles. The zero-order valence-electron chi connectivity index (χ0n) is 15.4. The highest BCUT2D eigenvalue weighted by Gasteiger charge is 2.26. The summed E-state index contributed by atoms with van der Waals surface area (Å²) in [5.74, 6) is 2.03. The van der Waals surface area contributed by atoms with Crippen molar-refractivity contribution in [2.45, 2.75) is 39.3 Å². The first-order valence-electron chi connectivity index (χ1n) is 8.99. The van der Waals surface area contributed by atoms with Crippen LogP contribution < -0.4 is 14.8 Å². The Bertz CT molecular complexity index is 509. The third kappa shape index (κ3) is 4.85. The number of nitrogens with zero attached hydrogens (tertiary/aromatic N) is 1. The maximum absolute atomic E-state index is 8.90. The molecule has 1 aromatic carbocycles. The molecule has 3 atom stereocenters. The van der Waals surface area contributed by atoms with Gasteiger partial charge in [0, 0.05) is 18.6 Å². The molecule has 0 spiro atoms. The molecular weight excluding hydrogens is 304 g/mol. The Labute approximate surface area is 146 Å². The molecule has 1 aromatic rings. The van der Waals surface area contributed by atoms with Crippen LogP contribution in [0.5, 0.6) is 11.5 Å². The molecule has 0 saturated carbocycles. The van der Waals surface area contributed by atoms with Crippen molar-refractivity contribution < 1.29 is 14.6 Å². The van der Waals surface area contributed by atoms with E-state index in [9.17, 15) is 0 Å². The van der Waals surface area contributed by atoms with Gasteiger partial charge in [0.15, 0.2) is 11.5 Å². The molecule has 0 bridgehead atoms. The number of aliphatic hydroxyl groups excluding tert-OH is 1. The molecule has 0 amide bonds. The number of hydrogen-bond acceptors (Lipinski definition) is 5. The standard InChI is InChI=1S/C19H32N2O3/c1-5-21-9-8-17(14(2)13-21)20-15(3)16-6-7-18(24-11-10-22)19(12-16)23-4/h6-7,12,14-15,17,20,22H,5,8-11,13H2,1-4H3. The fourth-order valence-corrected chi connectivity index (χ4v) is 3.41. The minimum Gasteiger partial charge on any atom is -0.493 e. The van der Waals surface area contributed by atoms with Crippen LogP contribution in [0.25, 0.3) is 0 Å². The van der Waals surface area contributed by atoms with Crippen LogP contribution in [0.4, 0.5) is 0 Å². The van der Waals surface area contributed by atoms with Crippen LogP contribution in [0.2, 0.25) is 0 Å². The van der Waals surface area contributed by atoms with Crippen molar-refractivity contribution in [2.24, 2.45) is 5.92 Å². The SMILES string of the molecule is CCN1CCC(NC(C)c2ccc(OCCO)c(OC)c2)C(C)C1. The first-order valence-corrected chi connectivity index (χ1v) is 8.99. The molecule has 5 nitrogen and oxygen atoms in total. The Kier molecular flexibility index (Phi) is 7.34. The van der Waals surface area contributed by atoms with Gasteiger partial charge in [-0.1, -0.05) is 19.9 Å². The monoisotopic (exact) mass is 336 g/mol. The minimum absolute atomic E-state index is 0.00277. The molecule has 0 aliphatic carbocycles. The van der Waals surface area contributed by atoms with Crippen LogP contribution in [-0.4, -0.2) is 56.0 Å². The number of rotatable bonds is 8. The van der Waals surface area contributed by atoms with Crippen molar-refractivity contribution in [2.75, 3.05) is 40.0 Å². The summed E-state index contributed by atoms with van der Waals surface area (Å²) in [6.07, 6.45) is 1.19. The highest BCUT2D eigenvalue weighted by Crippen LogP contribution is 2.31. The lowest BCUT2D eigenvalue weighted by Gasteiger charge is -2.38. The van der Waals surface area contributed by atoms with Crippen LogP contribution in [0.1, 0.15) is 38.8 Å². The van der Waals surface area contributed by atoms with Gasteiger partial charge in [0.05, 0.1) is 13.7 Å². The zero-order chi connectivity index (χ0) is 17.5. The van der Waals surface area contributed by atoms with Gasteiger partial charge in [-0.3, -0.25) is 0 Å². The van der Waals surface area contributed by atoms with Crippen LogP contribution >= 0.6 is 0 Å². The highest BCUT2D eigenvalue weighted by atomic mass is 16.5. The van der Waals surface area contributed by atoms with E-state index in [1.807, 2.05) is 12.1 Å². The number of hydrogen-bond donors (Lipinski definition) is 2. The van der Waals surface area contributed by atoms with Crippen LogP contribution in [-0.2, 0) is 0 Å². The summed E-state index contributed by atoms with van der Waals surface area (Å²) in [7, 11) is 1.64. The van der Waals surface area contributed by atoms with E-state index in [0.717, 1.165) is 13.1 Å². The van der Waals surface area contributed by atoms with Gasteiger partial charge in [0.25, 0.3) is 0 Å². The Morgan fingerprint density at radius 1 is 1.38 bits per heavy atom. The first-order chi connectivity index (χ1) is 11.6. The van der Waals surface area contributed by atoms with Crippen molar-refractivity contribution in [3.8, 4) is 11.5 Å². The second-order valence-corrected chi connectivity index (χ2v) is 6.64. The molecule has 136 valence electrons. The van der Waals surface area contributed by atoms with Gasteiger partial charge in [0.1, 0.15) is 6.61 Å². The fourth-order valence-electron chi connectivity index (χ4n) is 3.41. The quantitative estimate of drug-likeness (QED) is 0.764. The van der Waals surface area contributed by atoms with Crippen LogP contribution in [0, 0.1) is 5.92 Å². The van der Waals surface area contributed by atoms with Gasteiger partial charge < -0.3 is 24.8 Å². The molecule has 0 radical (unpaired) electrons. The fraction of sp³-hybridized carbons (Fsp3) is 0.684. The van der Waals surface area contributed by atoms with Crippen LogP contribution in [0.15, 0.2) is 18.2 Å². The predicted molar refractivity (Wildman–Crippen MR) is 96.8 cm³/mol. The lowest BCUT2D eigenvalue weighted by molar-refractivity contribution is 0.147. The molecule has 2 N–H and O–H groups in total. The minimum atomic E-state index is -0.00277. The molecule has 1 heterocycles. The molecule has 1 aliphatic rings. The van der Waals surface area contributed by atoms with Crippen molar-refractivity contribution in [1.82, 2.24) is 10.2 Å². The number of benzene rings is 1. The number of nitrogens with one attached hydrogen (secondary N) is 1. The molecule has 0 aromatic heterocycles. The summed E-state index contributed by atoms with van der Waals surface area (Å²) in [4.78, 5) is 2.52. The van der Waals surface area contributed by atoms with Crippen molar-refractivity contribution in [1.29, 1.82) is 0 Å². The van der Waals surface area contributed by atoms with E-state index in [0.29, 0.717) is 23.5 Å². The topological polar surface area (TPSA) is 54.0 Å². The van der Waals surface area contributed by atoms with Crippen molar-refractivity contribution in [3.63, 3.8) is 0 Å². The number of piperidine rings is 1. The second kappa shape index (κ2) is 9.25. The maximum atomic E-state index is 8.90. The van der Waals surface area contributed by atoms with E-state index in [4.69, 9.17) is 14.6 Å². The Morgan fingerprint density at radius 2 is 2.17 bits per heavy atom. The van der Waals surface area contributed by atoms with E-state index < -0.39 is 0 Å². The number of aliphatic hydroxyl groups is 1. The second-order valence-electron chi connectivity index (χ2n) is 6.64. The molecule has 1 fully saturated rings. The third-order valence-electron chi connectivity index (χ3n) is 4.94. The maximum Gasteiger partial charge on any atom is 0.161 e. The Balaban J connectivity index is 2.00. The Morgan fingerprint density at radius 3 is 2.79 bits per heavy atom. The summed E-state index contributed by atoms with van der Waals surface area (Å²) in [5, 5.41) is 12.7. The van der Waals surface area contributed by atoms with Gasteiger partial charge >= 0.3 is 0 Å². The van der Waals surface area contributed by atoms with Gasteiger partial charge in [-0.05, 0) is 50.0 Å². The highest BCUT2D eigenvalue weighted by molar-refractivity contribution is 5.43. The number of methoxy groups -OCH3 is 1. The van der Waals surface area contributed by atoms with E-state index in [2.05, 4.69) is 37.1 Å². The summed E-state index contributed by atoms with van der Waals surface area (Å²) in [6, 6.07) is 6.81. The van der Waals surface area contributed by atoms with Gasteiger partial charge in [-0.2, -0.15) is 0 Å². The van der Waals surface area contributed by atoms with Gasteiger partial charge in [-0.25, -0.2) is 0 Å². The van der Waals surface area contributed by atoms with E-state index in [1.165, 1.54) is 18.5 Å². The average Bonchev–Trinajstić information content (AvgIpc) is 2.61. The van der Waals surface area contributed by atoms with Crippen LogP contribution in [0.3, 0.4) is 0 Å². The summed E-state index contributed by atoms with van der Waals surface area (Å²) in [6.45, 7) is 10.5. The summed E-state index contributed by atoms with van der Waals surface area (Å²) < 4.78 is 10.9. The molecule has 2 rings (SSSR count). The lowest BCUT2D eigenvalue weighted by atomic mass is 9.92. The third-order valence-corrected chi connectivity index (χ3v) is 4.94. The predicted octanol–water partition coefficient (Wildman–Crippen LogP) is 2.45. The largest absolute Gasteiger partial charge is 0.493 e. The molecule has 1 aliphatic heterocycles. The average molecular weight is 336 g/mol. The lowest BCUT2D eigenvalue weighted by Crippen LogP contribution is -2.48. The molecule has 5 heteroatoms. The zero-order valence-corrected chi connectivity index (χ0v) is 15.4. The van der Waals surface area contributed by atoms with Gasteiger partial charge in [0.2, 0.25) is 0 Å². The normalized spacial score (nSPS) is 23.0. The van der Waals surface area contributed by atoms with E-state index >= 15 is 0 Å². The van der Waals surface area contributed by atoms with E-state index in [1.54, 1.807) is 7.11 Å². The Hall–Kier alpha value is -1.30.